The molecule has 1 N–H and O–H groups in total. The zero-order chi connectivity index (χ0) is 11.7. The van der Waals surface area contributed by atoms with Crippen LogP contribution in [0.1, 0.15) is 6.42 Å². The zero-order valence-electron chi connectivity index (χ0n) is 8.48. The first-order valence-electron chi connectivity index (χ1n) is 4.87. The van der Waals surface area contributed by atoms with Gasteiger partial charge < -0.3 is 10.0 Å². The SMILES string of the molecule is C#CC1CC(=O)N(c2cccc(Br)c2O)C1. The van der Waals surface area contributed by atoms with Crippen molar-refractivity contribution in [3.63, 3.8) is 0 Å². The lowest BCUT2D eigenvalue weighted by atomic mass is 10.1. The molecule has 1 aromatic rings. The molecule has 0 spiro atoms. The van der Waals surface area contributed by atoms with Gasteiger partial charge in [-0.1, -0.05) is 6.07 Å². The fourth-order valence-electron chi connectivity index (χ4n) is 1.77. The number of carbonyl (C=O) groups excluding carboxylic acids is 1. The summed E-state index contributed by atoms with van der Waals surface area (Å²) < 4.78 is 0.571. The van der Waals surface area contributed by atoms with Crippen molar-refractivity contribution in [3.8, 4) is 18.1 Å². The number of terminal acetylenes is 1. The van der Waals surface area contributed by atoms with Crippen LogP contribution in [0, 0.1) is 18.3 Å². The van der Waals surface area contributed by atoms with Gasteiger partial charge in [0.25, 0.3) is 0 Å². The van der Waals surface area contributed by atoms with Crippen molar-refractivity contribution in [2.45, 2.75) is 6.42 Å². The third-order valence-corrected chi connectivity index (χ3v) is 3.26. The number of hydrogen-bond donors (Lipinski definition) is 1. The van der Waals surface area contributed by atoms with Gasteiger partial charge in [0.1, 0.15) is 0 Å². The van der Waals surface area contributed by atoms with Gasteiger partial charge in [-0.25, -0.2) is 0 Å². The Bertz CT molecular complexity index is 478. The lowest BCUT2D eigenvalue weighted by molar-refractivity contribution is -0.117. The summed E-state index contributed by atoms with van der Waals surface area (Å²) in [5, 5.41) is 9.84. The highest BCUT2D eigenvalue weighted by atomic mass is 79.9. The monoisotopic (exact) mass is 279 g/mol. The highest BCUT2D eigenvalue weighted by molar-refractivity contribution is 9.10. The number of nitrogens with zero attached hydrogens (tertiary/aromatic N) is 1. The Labute approximate surface area is 102 Å². The second-order valence-electron chi connectivity index (χ2n) is 3.68. The smallest absolute Gasteiger partial charge is 0.228 e. The first-order chi connectivity index (χ1) is 7.63. The largest absolute Gasteiger partial charge is 0.505 e. The van der Waals surface area contributed by atoms with Gasteiger partial charge in [0.05, 0.1) is 10.2 Å². The van der Waals surface area contributed by atoms with E-state index in [1.54, 1.807) is 18.2 Å². The average molecular weight is 280 g/mol. The molecule has 82 valence electrons. The fourth-order valence-corrected chi connectivity index (χ4v) is 2.13. The van der Waals surface area contributed by atoms with Crippen LogP contribution in [-0.2, 0) is 4.79 Å². The maximum atomic E-state index is 11.7. The average Bonchev–Trinajstić information content (AvgIpc) is 2.64. The van der Waals surface area contributed by atoms with Crippen molar-refractivity contribution < 1.29 is 9.90 Å². The fraction of sp³-hybridized carbons (Fsp3) is 0.250. The van der Waals surface area contributed by atoms with Crippen LogP contribution >= 0.6 is 15.9 Å². The third-order valence-electron chi connectivity index (χ3n) is 2.62. The number of anilines is 1. The molecule has 2 rings (SSSR count). The number of phenolic OH excluding ortho intramolecular Hbond substituents is 1. The predicted molar refractivity (Wildman–Crippen MR) is 65.1 cm³/mol. The van der Waals surface area contributed by atoms with E-state index in [1.165, 1.54) is 4.90 Å². The zero-order valence-corrected chi connectivity index (χ0v) is 10.1. The Kier molecular flexibility index (Phi) is 2.88. The molecule has 1 fully saturated rings. The van der Waals surface area contributed by atoms with E-state index in [0.29, 0.717) is 23.1 Å². The molecule has 0 aromatic heterocycles. The van der Waals surface area contributed by atoms with Crippen molar-refractivity contribution in [1.29, 1.82) is 0 Å². The molecule has 0 bridgehead atoms. The van der Waals surface area contributed by atoms with E-state index < -0.39 is 0 Å². The molecule has 1 saturated heterocycles. The van der Waals surface area contributed by atoms with Crippen LogP contribution < -0.4 is 4.90 Å². The van der Waals surface area contributed by atoms with Crippen LogP contribution in [0.3, 0.4) is 0 Å². The summed E-state index contributed by atoms with van der Waals surface area (Å²) in [5.41, 5.74) is 0.511. The molecule has 0 radical (unpaired) electrons. The molecule has 0 saturated carbocycles. The molecule has 4 heteroatoms. The van der Waals surface area contributed by atoms with Crippen molar-refractivity contribution in [1.82, 2.24) is 0 Å². The van der Waals surface area contributed by atoms with E-state index in [9.17, 15) is 9.90 Å². The Morgan fingerprint density at radius 1 is 1.56 bits per heavy atom. The van der Waals surface area contributed by atoms with Gasteiger partial charge in [-0.2, -0.15) is 0 Å². The van der Waals surface area contributed by atoms with Crippen LogP contribution in [0.4, 0.5) is 5.69 Å². The number of carbonyl (C=O) groups is 1. The Morgan fingerprint density at radius 3 is 2.94 bits per heavy atom. The molecule has 0 aliphatic carbocycles. The quantitative estimate of drug-likeness (QED) is 0.801. The van der Waals surface area contributed by atoms with Crippen molar-refractivity contribution >= 4 is 27.5 Å². The molecule has 3 nitrogen and oxygen atoms in total. The van der Waals surface area contributed by atoms with E-state index in [1.807, 2.05) is 0 Å². The molecule has 1 aromatic carbocycles. The van der Waals surface area contributed by atoms with Crippen molar-refractivity contribution in [2.75, 3.05) is 11.4 Å². The van der Waals surface area contributed by atoms with Crippen LogP contribution in [0.5, 0.6) is 5.75 Å². The van der Waals surface area contributed by atoms with Crippen LogP contribution in [-0.4, -0.2) is 17.6 Å². The lowest BCUT2D eigenvalue weighted by Gasteiger charge is -2.17. The summed E-state index contributed by atoms with van der Waals surface area (Å²) in [6.07, 6.45) is 5.65. The summed E-state index contributed by atoms with van der Waals surface area (Å²) in [4.78, 5) is 13.2. The third kappa shape index (κ3) is 1.79. The number of benzene rings is 1. The van der Waals surface area contributed by atoms with Gasteiger partial charge in [0.15, 0.2) is 5.75 Å². The normalized spacial score (nSPS) is 19.9. The molecule has 1 heterocycles. The van der Waals surface area contributed by atoms with Gasteiger partial charge in [0, 0.05) is 18.9 Å². The topological polar surface area (TPSA) is 40.5 Å². The van der Waals surface area contributed by atoms with Crippen molar-refractivity contribution in [2.24, 2.45) is 5.92 Å². The van der Waals surface area contributed by atoms with Gasteiger partial charge in [-0.05, 0) is 28.1 Å². The molecule has 16 heavy (non-hydrogen) atoms. The lowest BCUT2D eigenvalue weighted by Crippen LogP contribution is -2.24. The number of halogens is 1. The Morgan fingerprint density at radius 2 is 2.31 bits per heavy atom. The standard InChI is InChI=1S/C12H10BrNO2/c1-2-8-6-11(15)14(7-8)10-5-3-4-9(13)12(10)16/h1,3-5,8,16H,6-7H2. The Hall–Kier alpha value is -1.47. The number of aromatic hydroxyl groups is 1. The Balaban J connectivity index is 2.36. The maximum absolute atomic E-state index is 11.7. The minimum absolute atomic E-state index is 0.0450. The minimum atomic E-state index is -0.0640. The van der Waals surface area contributed by atoms with Crippen molar-refractivity contribution in [3.05, 3.63) is 22.7 Å². The molecule has 1 aliphatic rings. The molecule has 1 atom stereocenters. The van der Waals surface area contributed by atoms with E-state index in [4.69, 9.17) is 6.42 Å². The van der Waals surface area contributed by atoms with Crippen LogP contribution in [0.15, 0.2) is 22.7 Å². The summed E-state index contributed by atoms with van der Waals surface area (Å²) in [5.74, 6) is 2.54. The summed E-state index contributed by atoms with van der Waals surface area (Å²) in [6, 6.07) is 5.20. The van der Waals surface area contributed by atoms with E-state index in [0.717, 1.165) is 0 Å². The highest BCUT2D eigenvalue weighted by Crippen LogP contribution is 2.37. The van der Waals surface area contributed by atoms with Crippen LogP contribution in [0.25, 0.3) is 0 Å². The van der Waals surface area contributed by atoms with E-state index in [2.05, 4.69) is 21.9 Å². The molecular formula is C12H10BrNO2. The van der Waals surface area contributed by atoms with Gasteiger partial charge >= 0.3 is 0 Å². The van der Waals surface area contributed by atoms with E-state index >= 15 is 0 Å². The number of amides is 1. The number of rotatable bonds is 1. The molecule has 1 aliphatic heterocycles. The first kappa shape index (κ1) is 11.0. The second-order valence-corrected chi connectivity index (χ2v) is 4.53. The maximum Gasteiger partial charge on any atom is 0.228 e. The number of para-hydroxylation sites is 1. The van der Waals surface area contributed by atoms with Gasteiger partial charge in [-0.15, -0.1) is 12.3 Å². The van der Waals surface area contributed by atoms with Crippen LogP contribution in [0.2, 0.25) is 0 Å². The highest BCUT2D eigenvalue weighted by Gasteiger charge is 2.31. The summed E-state index contributed by atoms with van der Waals surface area (Å²) in [6.45, 7) is 0.472. The van der Waals surface area contributed by atoms with Gasteiger partial charge in [0.2, 0.25) is 5.91 Å². The summed E-state index contributed by atoms with van der Waals surface area (Å²) in [7, 11) is 0. The summed E-state index contributed by atoms with van der Waals surface area (Å²) >= 11 is 3.22. The molecular weight excluding hydrogens is 270 g/mol. The molecule has 1 unspecified atom stereocenters. The second kappa shape index (κ2) is 4.18. The first-order valence-corrected chi connectivity index (χ1v) is 5.66. The number of phenols is 1. The molecule has 1 amide bonds. The number of hydrogen-bond acceptors (Lipinski definition) is 2. The van der Waals surface area contributed by atoms with E-state index in [-0.39, 0.29) is 17.6 Å². The predicted octanol–water partition coefficient (Wildman–Crippen LogP) is 2.14. The van der Waals surface area contributed by atoms with Gasteiger partial charge in [-0.3, -0.25) is 4.79 Å². The minimum Gasteiger partial charge on any atom is -0.505 e.